The van der Waals surface area contributed by atoms with E-state index in [2.05, 4.69) is 17.6 Å². The Hall–Kier alpha value is -2.32. The second-order valence-electron chi connectivity index (χ2n) is 8.61. The lowest BCUT2D eigenvalue weighted by atomic mass is 9.77. The number of carbonyl (C=O) groups is 4. The second-order valence-corrected chi connectivity index (χ2v) is 9.46. The number of nitrogens with zero attached hydrogens (tertiary/aromatic N) is 1. The largest absolute Gasteiger partial charge is 0.451 e. The molecule has 1 aliphatic heterocycles. The Morgan fingerprint density at radius 3 is 2.53 bits per heavy atom. The van der Waals surface area contributed by atoms with Gasteiger partial charge in [0.1, 0.15) is 12.1 Å². The maximum absolute atomic E-state index is 12.8. The first kappa shape index (κ1) is 24.3. The van der Waals surface area contributed by atoms with Crippen molar-refractivity contribution in [1.29, 1.82) is 0 Å². The molecule has 1 aliphatic carbocycles. The Morgan fingerprint density at radius 1 is 1.25 bits per heavy atom. The van der Waals surface area contributed by atoms with Gasteiger partial charge in [-0.15, -0.1) is 0 Å². The standard InChI is InChI=1S/C22H27Cl2N3O5/c1-12-6-8-22(9-7-12)20(30)27(21(31)26-22)11-18(28)32-14(3)19(29)25-13(2)16-5-4-15(23)10-17(16)24/h4-5,10,12-14H,6-9,11H2,1-3H3,(H,25,29)(H,26,31). The Morgan fingerprint density at radius 2 is 1.91 bits per heavy atom. The van der Waals surface area contributed by atoms with E-state index in [1.165, 1.54) is 6.92 Å². The van der Waals surface area contributed by atoms with Crippen molar-refractivity contribution in [3.63, 3.8) is 0 Å². The SMILES string of the molecule is CC1CCC2(CC1)NC(=O)N(CC(=O)OC(C)C(=O)NC(C)c1ccc(Cl)cc1Cl)C2=O. The van der Waals surface area contributed by atoms with Gasteiger partial charge in [0.2, 0.25) is 0 Å². The zero-order valence-corrected chi connectivity index (χ0v) is 19.8. The minimum absolute atomic E-state index is 0.402. The fourth-order valence-corrected chi connectivity index (χ4v) is 4.66. The predicted octanol–water partition coefficient (Wildman–Crippen LogP) is 3.60. The van der Waals surface area contributed by atoms with Gasteiger partial charge >= 0.3 is 12.0 Å². The number of rotatable bonds is 6. The molecule has 1 heterocycles. The van der Waals surface area contributed by atoms with Crippen LogP contribution >= 0.6 is 23.2 Å². The van der Waals surface area contributed by atoms with E-state index in [1.807, 2.05) is 0 Å². The molecule has 2 aliphatic rings. The Labute approximate surface area is 196 Å². The lowest BCUT2D eigenvalue weighted by Crippen LogP contribution is -2.49. The molecular formula is C22H27Cl2N3O5. The van der Waals surface area contributed by atoms with Crippen LogP contribution in [-0.2, 0) is 19.1 Å². The third-order valence-corrected chi connectivity index (χ3v) is 6.69. The summed E-state index contributed by atoms with van der Waals surface area (Å²) in [6, 6.07) is 3.87. The quantitative estimate of drug-likeness (QED) is 0.474. The summed E-state index contributed by atoms with van der Waals surface area (Å²) in [5, 5.41) is 6.35. The van der Waals surface area contributed by atoms with E-state index in [0.29, 0.717) is 34.4 Å². The highest BCUT2D eigenvalue weighted by atomic mass is 35.5. The number of urea groups is 1. The molecule has 3 rings (SSSR count). The van der Waals surface area contributed by atoms with Crippen molar-refractivity contribution in [3.05, 3.63) is 33.8 Å². The van der Waals surface area contributed by atoms with Gasteiger partial charge in [-0.2, -0.15) is 0 Å². The molecule has 0 radical (unpaired) electrons. The third-order valence-electron chi connectivity index (χ3n) is 6.13. The summed E-state index contributed by atoms with van der Waals surface area (Å²) >= 11 is 12.1. The first-order chi connectivity index (χ1) is 15.0. The van der Waals surface area contributed by atoms with Crippen molar-refractivity contribution < 1.29 is 23.9 Å². The topological polar surface area (TPSA) is 105 Å². The van der Waals surface area contributed by atoms with E-state index in [1.54, 1.807) is 25.1 Å². The monoisotopic (exact) mass is 483 g/mol. The Balaban J connectivity index is 1.54. The minimum Gasteiger partial charge on any atom is -0.451 e. The molecule has 8 nitrogen and oxygen atoms in total. The van der Waals surface area contributed by atoms with Crippen molar-refractivity contribution in [3.8, 4) is 0 Å². The van der Waals surface area contributed by atoms with E-state index in [0.717, 1.165) is 17.7 Å². The molecule has 2 unspecified atom stereocenters. The zero-order valence-electron chi connectivity index (χ0n) is 18.2. The number of nitrogens with one attached hydrogen (secondary N) is 2. The molecular weight excluding hydrogens is 457 g/mol. The average Bonchev–Trinajstić information content (AvgIpc) is 2.94. The van der Waals surface area contributed by atoms with Crippen LogP contribution in [-0.4, -0.2) is 46.9 Å². The second kappa shape index (κ2) is 9.67. The van der Waals surface area contributed by atoms with Crippen molar-refractivity contribution in [2.75, 3.05) is 6.54 Å². The number of imide groups is 1. The van der Waals surface area contributed by atoms with E-state index in [-0.39, 0.29) is 0 Å². The van der Waals surface area contributed by atoms with Gasteiger partial charge in [-0.3, -0.25) is 19.3 Å². The highest BCUT2D eigenvalue weighted by Gasteiger charge is 2.52. The van der Waals surface area contributed by atoms with Crippen LogP contribution in [0.5, 0.6) is 0 Å². The summed E-state index contributed by atoms with van der Waals surface area (Å²) in [4.78, 5) is 50.9. The molecule has 32 heavy (non-hydrogen) atoms. The molecule has 10 heteroatoms. The van der Waals surface area contributed by atoms with Gasteiger partial charge < -0.3 is 15.4 Å². The number of amides is 4. The van der Waals surface area contributed by atoms with Crippen molar-refractivity contribution in [2.24, 2.45) is 5.92 Å². The number of carbonyl (C=O) groups excluding carboxylic acids is 4. The molecule has 1 aromatic carbocycles. The molecule has 4 amide bonds. The summed E-state index contributed by atoms with van der Waals surface area (Å²) in [7, 11) is 0. The van der Waals surface area contributed by atoms with Crippen LogP contribution in [0.25, 0.3) is 0 Å². The number of benzene rings is 1. The van der Waals surface area contributed by atoms with Crippen LogP contribution in [0.1, 0.15) is 58.1 Å². The van der Waals surface area contributed by atoms with Crippen molar-refractivity contribution >= 4 is 47.0 Å². The lowest BCUT2D eigenvalue weighted by Gasteiger charge is -2.33. The smallest absolute Gasteiger partial charge is 0.327 e. The van der Waals surface area contributed by atoms with Crippen LogP contribution in [0, 0.1) is 5.92 Å². The van der Waals surface area contributed by atoms with Gasteiger partial charge in [0.15, 0.2) is 6.10 Å². The predicted molar refractivity (Wildman–Crippen MR) is 119 cm³/mol. The molecule has 1 spiro atoms. The molecule has 1 saturated heterocycles. The van der Waals surface area contributed by atoms with Crippen LogP contribution in [0.2, 0.25) is 10.0 Å². The van der Waals surface area contributed by atoms with E-state index < -0.39 is 48.0 Å². The van der Waals surface area contributed by atoms with Crippen molar-refractivity contribution in [2.45, 2.75) is 64.1 Å². The summed E-state index contributed by atoms with van der Waals surface area (Å²) in [5.41, 5.74) is -0.269. The van der Waals surface area contributed by atoms with Gasteiger partial charge in [-0.25, -0.2) is 4.79 Å². The Bertz CT molecular complexity index is 930. The minimum atomic E-state index is -1.12. The van der Waals surface area contributed by atoms with Gasteiger partial charge in [-0.1, -0.05) is 36.2 Å². The summed E-state index contributed by atoms with van der Waals surface area (Å²) in [6.07, 6.45) is 1.64. The Kier molecular flexibility index (Phi) is 7.35. The number of hydrogen-bond acceptors (Lipinski definition) is 5. The fraction of sp³-hybridized carbons (Fsp3) is 0.545. The van der Waals surface area contributed by atoms with E-state index in [4.69, 9.17) is 27.9 Å². The van der Waals surface area contributed by atoms with E-state index >= 15 is 0 Å². The highest BCUT2D eigenvalue weighted by Crippen LogP contribution is 2.36. The van der Waals surface area contributed by atoms with Gasteiger partial charge in [-0.05, 0) is 63.1 Å². The summed E-state index contributed by atoms with van der Waals surface area (Å²) < 4.78 is 5.17. The number of hydrogen-bond donors (Lipinski definition) is 2. The van der Waals surface area contributed by atoms with E-state index in [9.17, 15) is 19.2 Å². The molecule has 2 fully saturated rings. The van der Waals surface area contributed by atoms with Gasteiger partial charge in [0.05, 0.1) is 6.04 Å². The van der Waals surface area contributed by atoms with Crippen LogP contribution < -0.4 is 10.6 Å². The maximum atomic E-state index is 12.8. The molecule has 0 bridgehead atoms. The van der Waals surface area contributed by atoms with Gasteiger partial charge in [0, 0.05) is 10.0 Å². The number of ether oxygens (including phenoxy) is 1. The molecule has 1 saturated carbocycles. The number of halogens is 2. The molecule has 2 atom stereocenters. The molecule has 1 aromatic rings. The fourth-order valence-electron chi connectivity index (χ4n) is 4.09. The van der Waals surface area contributed by atoms with Crippen molar-refractivity contribution in [1.82, 2.24) is 15.5 Å². The normalized spacial score (nSPS) is 24.8. The van der Waals surface area contributed by atoms with Crippen LogP contribution in [0.4, 0.5) is 4.79 Å². The number of esters is 1. The maximum Gasteiger partial charge on any atom is 0.327 e. The zero-order chi connectivity index (χ0) is 23.6. The summed E-state index contributed by atoms with van der Waals surface area (Å²) in [5.74, 6) is -1.29. The van der Waals surface area contributed by atoms with Crippen LogP contribution in [0.3, 0.4) is 0 Å². The molecule has 174 valence electrons. The molecule has 2 N–H and O–H groups in total. The first-order valence-electron chi connectivity index (χ1n) is 10.6. The first-order valence-corrected chi connectivity index (χ1v) is 11.4. The average molecular weight is 484 g/mol. The summed E-state index contributed by atoms with van der Waals surface area (Å²) in [6.45, 7) is 4.72. The molecule has 0 aromatic heterocycles. The van der Waals surface area contributed by atoms with Crippen LogP contribution in [0.15, 0.2) is 18.2 Å². The highest BCUT2D eigenvalue weighted by molar-refractivity contribution is 6.35. The lowest BCUT2D eigenvalue weighted by molar-refractivity contribution is -0.157. The van der Waals surface area contributed by atoms with Gasteiger partial charge in [0.25, 0.3) is 11.8 Å². The third kappa shape index (κ3) is 5.18.